The monoisotopic (exact) mass is 309 g/mol. The van der Waals surface area contributed by atoms with Crippen LogP contribution in [0, 0.1) is 11.8 Å². The minimum Gasteiger partial charge on any atom is -0.481 e. The Morgan fingerprint density at radius 2 is 2.00 bits per heavy atom. The van der Waals surface area contributed by atoms with Crippen LogP contribution in [0.5, 0.6) is 0 Å². The lowest BCUT2D eigenvalue weighted by molar-refractivity contribution is -0.149. The van der Waals surface area contributed by atoms with Gasteiger partial charge in [0.1, 0.15) is 0 Å². The van der Waals surface area contributed by atoms with E-state index in [0.717, 1.165) is 12.0 Å². The van der Waals surface area contributed by atoms with E-state index in [0.29, 0.717) is 17.9 Å². The van der Waals surface area contributed by atoms with Crippen molar-refractivity contribution < 1.29 is 14.7 Å². The van der Waals surface area contributed by atoms with Gasteiger partial charge in [0.05, 0.1) is 17.9 Å². The Kier molecular flexibility index (Phi) is 4.88. The van der Waals surface area contributed by atoms with Gasteiger partial charge in [0.2, 0.25) is 5.91 Å². The van der Waals surface area contributed by atoms with Crippen molar-refractivity contribution in [3.8, 4) is 0 Å². The molecule has 1 aliphatic rings. The number of aliphatic carboxylic acids is 1. The largest absolute Gasteiger partial charge is 0.481 e. The fraction of sp³-hybridized carbons (Fsp3) is 0.500. The van der Waals surface area contributed by atoms with Crippen molar-refractivity contribution in [2.24, 2.45) is 11.8 Å². The van der Waals surface area contributed by atoms with Gasteiger partial charge in [0.25, 0.3) is 0 Å². The first kappa shape index (κ1) is 15.8. The van der Waals surface area contributed by atoms with E-state index in [1.165, 1.54) is 0 Å². The third-order valence-electron chi connectivity index (χ3n) is 4.41. The summed E-state index contributed by atoms with van der Waals surface area (Å²) in [6, 6.07) is 7.26. The number of nitrogens with zero attached hydrogens (tertiary/aromatic N) is 1. The fourth-order valence-electron chi connectivity index (χ4n) is 2.99. The van der Waals surface area contributed by atoms with Crippen LogP contribution < -0.4 is 0 Å². The predicted molar refractivity (Wildman–Crippen MR) is 81.1 cm³/mol. The second-order valence-electron chi connectivity index (χ2n) is 5.66. The molecule has 0 saturated heterocycles. The van der Waals surface area contributed by atoms with Crippen molar-refractivity contribution in [3.05, 3.63) is 34.9 Å². The summed E-state index contributed by atoms with van der Waals surface area (Å²) >= 11 is 5.98. The smallest absolute Gasteiger partial charge is 0.307 e. The summed E-state index contributed by atoms with van der Waals surface area (Å²) in [7, 11) is 1.73. The molecule has 21 heavy (non-hydrogen) atoms. The van der Waals surface area contributed by atoms with E-state index in [-0.39, 0.29) is 11.9 Å². The molecule has 0 bridgehead atoms. The second kappa shape index (κ2) is 6.48. The van der Waals surface area contributed by atoms with E-state index in [1.807, 2.05) is 25.1 Å². The summed E-state index contributed by atoms with van der Waals surface area (Å²) in [4.78, 5) is 25.5. The van der Waals surface area contributed by atoms with Crippen molar-refractivity contribution in [2.75, 3.05) is 7.05 Å². The summed E-state index contributed by atoms with van der Waals surface area (Å²) < 4.78 is 0. The fourth-order valence-corrected chi connectivity index (χ4v) is 3.19. The first-order chi connectivity index (χ1) is 9.91. The molecule has 1 aromatic carbocycles. The molecule has 1 aliphatic carbocycles. The normalized spacial score (nSPS) is 22.8. The van der Waals surface area contributed by atoms with Crippen molar-refractivity contribution in [2.45, 2.75) is 32.2 Å². The van der Waals surface area contributed by atoms with Crippen LogP contribution in [0.1, 0.15) is 37.8 Å². The summed E-state index contributed by atoms with van der Waals surface area (Å²) in [6.07, 6.45) is 2.04. The minimum absolute atomic E-state index is 0.0904. The van der Waals surface area contributed by atoms with E-state index in [4.69, 9.17) is 11.6 Å². The molecule has 1 unspecified atom stereocenters. The van der Waals surface area contributed by atoms with E-state index in [1.54, 1.807) is 18.0 Å². The van der Waals surface area contributed by atoms with Crippen LogP contribution in [0.3, 0.4) is 0 Å². The standard InChI is InChI=1S/C16H20ClNO3/c1-10(11-5-3-6-12(17)9-11)18(2)15(19)13-7-4-8-14(13)16(20)21/h3,5-6,9-10,13-14H,4,7-8H2,1-2H3,(H,20,21)/t10?,13-,14+/m1/s1. The Labute approximate surface area is 129 Å². The molecule has 2 rings (SSSR count). The highest BCUT2D eigenvalue weighted by Gasteiger charge is 2.39. The Balaban J connectivity index is 2.13. The molecule has 1 aromatic rings. The second-order valence-corrected chi connectivity index (χ2v) is 6.10. The number of halogens is 1. The molecule has 0 radical (unpaired) electrons. The van der Waals surface area contributed by atoms with E-state index in [2.05, 4.69) is 0 Å². The average molecular weight is 310 g/mol. The van der Waals surface area contributed by atoms with Gasteiger partial charge in [-0.3, -0.25) is 9.59 Å². The number of carbonyl (C=O) groups excluding carboxylic acids is 1. The van der Waals surface area contributed by atoms with Gasteiger partial charge in [0.15, 0.2) is 0 Å². The van der Waals surface area contributed by atoms with Gasteiger partial charge in [-0.15, -0.1) is 0 Å². The third kappa shape index (κ3) is 3.38. The van der Waals surface area contributed by atoms with Crippen molar-refractivity contribution in [3.63, 3.8) is 0 Å². The maximum atomic E-state index is 12.6. The number of hydrogen-bond acceptors (Lipinski definition) is 2. The van der Waals surface area contributed by atoms with Crippen LogP contribution in [0.15, 0.2) is 24.3 Å². The van der Waals surface area contributed by atoms with Gasteiger partial charge < -0.3 is 10.0 Å². The molecule has 0 aromatic heterocycles. The lowest BCUT2D eigenvalue weighted by atomic mass is 9.94. The maximum absolute atomic E-state index is 12.6. The van der Waals surface area contributed by atoms with E-state index >= 15 is 0 Å². The summed E-state index contributed by atoms with van der Waals surface area (Å²) in [6.45, 7) is 1.92. The molecular formula is C16H20ClNO3. The predicted octanol–water partition coefficient (Wildman–Crippen LogP) is 3.36. The zero-order chi connectivity index (χ0) is 15.6. The zero-order valence-electron chi connectivity index (χ0n) is 12.3. The van der Waals surface area contributed by atoms with Crippen molar-refractivity contribution in [1.29, 1.82) is 0 Å². The van der Waals surface area contributed by atoms with Gasteiger partial charge in [-0.25, -0.2) is 0 Å². The molecule has 4 nitrogen and oxygen atoms in total. The molecule has 1 saturated carbocycles. The highest BCUT2D eigenvalue weighted by Crippen LogP contribution is 2.35. The Hall–Kier alpha value is -1.55. The van der Waals surface area contributed by atoms with Crippen LogP contribution in [-0.4, -0.2) is 28.9 Å². The number of amides is 1. The molecule has 0 aliphatic heterocycles. The van der Waals surface area contributed by atoms with Crippen LogP contribution in [0.2, 0.25) is 5.02 Å². The third-order valence-corrected chi connectivity index (χ3v) is 4.65. The number of carboxylic acids is 1. The summed E-state index contributed by atoms with van der Waals surface area (Å²) in [5.41, 5.74) is 0.947. The number of rotatable bonds is 4. The molecule has 114 valence electrons. The molecule has 5 heteroatoms. The van der Waals surface area contributed by atoms with Crippen LogP contribution in [0.25, 0.3) is 0 Å². The van der Waals surface area contributed by atoms with Gasteiger partial charge >= 0.3 is 5.97 Å². The molecule has 0 heterocycles. The molecule has 1 amide bonds. The summed E-state index contributed by atoms with van der Waals surface area (Å²) in [5, 5.41) is 9.85. The van der Waals surface area contributed by atoms with Gasteiger partial charge in [-0.2, -0.15) is 0 Å². The Morgan fingerprint density at radius 3 is 2.62 bits per heavy atom. The van der Waals surface area contributed by atoms with Crippen LogP contribution >= 0.6 is 11.6 Å². The quantitative estimate of drug-likeness (QED) is 0.927. The molecular weight excluding hydrogens is 290 g/mol. The lowest BCUT2D eigenvalue weighted by Gasteiger charge is -2.29. The van der Waals surface area contributed by atoms with Gasteiger partial charge in [-0.1, -0.05) is 30.2 Å². The number of carbonyl (C=O) groups is 2. The maximum Gasteiger partial charge on any atom is 0.307 e. The number of hydrogen-bond donors (Lipinski definition) is 1. The average Bonchev–Trinajstić information content (AvgIpc) is 2.94. The van der Waals surface area contributed by atoms with Crippen LogP contribution in [-0.2, 0) is 9.59 Å². The highest BCUT2D eigenvalue weighted by atomic mass is 35.5. The first-order valence-corrected chi connectivity index (χ1v) is 7.54. The number of carboxylic acid groups (broad SMARTS) is 1. The van der Waals surface area contributed by atoms with Crippen LogP contribution in [0.4, 0.5) is 0 Å². The van der Waals surface area contributed by atoms with Gasteiger partial charge in [0, 0.05) is 12.1 Å². The topological polar surface area (TPSA) is 57.6 Å². The summed E-state index contributed by atoms with van der Waals surface area (Å²) in [5.74, 6) is -1.91. The zero-order valence-corrected chi connectivity index (χ0v) is 13.0. The Bertz CT molecular complexity index is 546. The molecule has 0 spiro atoms. The molecule has 3 atom stereocenters. The molecule has 1 fully saturated rings. The SMILES string of the molecule is CC(c1cccc(Cl)c1)N(C)C(=O)[C@@H]1CCC[C@@H]1C(=O)O. The van der Waals surface area contributed by atoms with Gasteiger partial charge in [-0.05, 0) is 37.5 Å². The highest BCUT2D eigenvalue weighted by molar-refractivity contribution is 6.30. The lowest BCUT2D eigenvalue weighted by Crippen LogP contribution is -2.38. The Morgan fingerprint density at radius 1 is 1.33 bits per heavy atom. The first-order valence-electron chi connectivity index (χ1n) is 7.16. The molecule has 1 N–H and O–H groups in total. The minimum atomic E-state index is -0.866. The van der Waals surface area contributed by atoms with Crippen molar-refractivity contribution in [1.82, 2.24) is 4.90 Å². The van der Waals surface area contributed by atoms with Crippen molar-refractivity contribution >= 4 is 23.5 Å². The van der Waals surface area contributed by atoms with E-state index < -0.39 is 17.8 Å². The number of benzene rings is 1. The van der Waals surface area contributed by atoms with E-state index in [9.17, 15) is 14.7 Å².